The summed E-state index contributed by atoms with van der Waals surface area (Å²) in [6.07, 6.45) is 1.12. The number of aliphatic hydroxyl groups is 1. The minimum Gasteiger partial charge on any atom is -0.490 e. The standard InChI is InChI=1S/C24H27ClN2O3.2ClH/c1-3-29-22-13-18(14-26-17(2)24(28)20-7-5-4-6-8-20)9-11-21(22)30-16-19-10-12-23(25)27-15-19;;/h4-13,15,17,24,26,28H,3,14,16H2,1-2H3;2*1H. The number of rotatable bonds is 10. The molecule has 0 amide bonds. The molecule has 5 nitrogen and oxygen atoms in total. The fourth-order valence-electron chi connectivity index (χ4n) is 3.03. The highest BCUT2D eigenvalue weighted by molar-refractivity contribution is 6.29. The van der Waals surface area contributed by atoms with Crippen LogP contribution in [0.4, 0.5) is 0 Å². The highest BCUT2D eigenvalue weighted by atomic mass is 35.5. The van der Waals surface area contributed by atoms with Gasteiger partial charge in [-0.1, -0.05) is 54.1 Å². The summed E-state index contributed by atoms with van der Waals surface area (Å²) < 4.78 is 11.7. The second-order valence-corrected chi connectivity index (χ2v) is 7.40. The van der Waals surface area contributed by atoms with Crippen LogP contribution in [0.3, 0.4) is 0 Å². The van der Waals surface area contributed by atoms with Crippen LogP contribution in [0.15, 0.2) is 66.9 Å². The number of hydrogen-bond acceptors (Lipinski definition) is 5. The number of pyridine rings is 1. The molecule has 32 heavy (non-hydrogen) atoms. The van der Waals surface area contributed by atoms with Crippen molar-refractivity contribution in [3.05, 3.63) is 88.7 Å². The lowest BCUT2D eigenvalue weighted by molar-refractivity contribution is 0.135. The predicted octanol–water partition coefficient (Wildman–Crippen LogP) is 5.77. The van der Waals surface area contributed by atoms with Crippen molar-refractivity contribution < 1.29 is 14.6 Å². The minimum absolute atomic E-state index is 0. The van der Waals surface area contributed by atoms with Gasteiger partial charge in [0, 0.05) is 24.3 Å². The minimum atomic E-state index is -0.576. The van der Waals surface area contributed by atoms with Gasteiger partial charge in [0.2, 0.25) is 0 Å². The molecule has 0 aliphatic carbocycles. The molecule has 0 aliphatic rings. The van der Waals surface area contributed by atoms with Gasteiger partial charge in [0.05, 0.1) is 12.7 Å². The molecule has 2 N–H and O–H groups in total. The highest BCUT2D eigenvalue weighted by Crippen LogP contribution is 2.29. The summed E-state index contributed by atoms with van der Waals surface area (Å²) in [6, 6.07) is 19.0. The Kier molecular flexibility index (Phi) is 12.4. The molecule has 2 aromatic carbocycles. The average Bonchev–Trinajstić information content (AvgIpc) is 2.78. The predicted molar refractivity (Wildman–Crippen MR) is 133 cm³/mol. The van der Waals surface area contributed by atoms with Gasteiger partial charge in [0.25, 0.3) is 0 Å². The van der Waals surface area contributed by atoms with E-state index in [2.05, 4.69) is 10.3 Å². The zero-order chi connectivity index (χ0) is 21.3. The molecule has 0 aliphatic heterocycles. The van der Waals surface area contributed by atoms with Crippen LogP contribution >= 0.6 is 36.4 Å². The zero-order valence-electron chi connectivity index (χ0n) is 18.0. The molecule has 8 heteroatoms. The van der Waals surface area contributed by atoms with Crippen molar-refractivity contribution in [1.82, 2.24) is 10.3 Å². The molecule has 0 spiro atoms. The second-order valence-electron chi connectivity index (χ2n) is 7.02. The van der Waals surface area contributed by atoms with E-state index in [9.17, 15) is 5.11 Å². The summed E-state index contributed by atoms with van der Waals surface area (Å²) in [4.78, 5) is 4.07. The lowest BCUT2D eigenvalue weighted by atomic mass is 10.0. The van der Waals surface area contributed by atoms with E-state index < -0.39 is 6.10 Å². The quantitative estimate of drug-likeness (QED) is 0.347. The van der Waals surface area contributed by atoms with Crippen molar-refractivity contribution in [1.29, 1.82) is 0 Å². The van der Waals surface area contributed by atoms with Crippen LogP contribution in [0.5, 0.6) is 11.5 Å². The van der Waals surface area contributed by atoms with Crippen LogP contribution in [0.1, 0.15) is 36.6 Å². The molecular formula is C24H29Cl3N2O3. The first-order valence-electron chi connectivity index (χ1n) is 10.0. The van der Waals surface area contributed by atoms with Crippen LogP contribution in [0.25, 0.3) is 0 Å². The van der Waals surface area contributed by atoms with Crippen molar-refractivity contribution in [3.8, 4) is 11.5 Å². The number of aliphatic hydroxyl groups excluding tert-OH is 1. The first-order chi connectivity index (χ1) is 14.6. The number of halogens is 3. The van der Waals surface area contributed by atoms with Gasteiger partial charge in [-0.15, -0.1) is 24.8 Å². The first-order valence-corrected chi connectivity index (χ1v) is 10.4. The SMILES string of the molecule is CCOc1cc(CNC(C)C(O)c2ccccc2)ccc1OCc1ccc(Cl)nc1.Cl.Cl. The van der Waals surface area contributed by atoms with Crippen molar-refractivity contribution in [2.75, 3.05) is 6.61 Å². The summed E-state index contributed by atoms with van der Waals surface area (Å²) in [7, 11) is 0. The summed E-state index contributed by atoms with van der Waals surface area (Å²) >= 11 is 5.83. The lowest BCUT2D eigenvalue weighted by Gasteiger charge is -2.21. The molecule has 1 heterocycles. The van der Waals surface area contributed by atoms with Gasteiger partial charge in [0.15, 0.2) is 11.5 Å². The van der Waals surface area contributed by atoms with Crippen LogP contribution < -0.4 is 14.8 Å². The van der Waals surface area contributed by atoms with Crippen LogP contribution in [0.2, 0.25) is 5.15 Å². The Balaban J connectivity index is 0.00000256. The lowest BCUT2D eigenvalue weighted by Crippen LogP contribution is -2.31. The van der Waals surface area contributed by atoms with Gasteiger partial charge in [0.1, 0.15) is 11.8 Å². The van der Waals surface area contributed by atoms with Crippen LogP contribution in [-0.2, 0) is 13.2 Å². The fraction of sp³-hybridized carbons (Fsp3) is 0.292. The Labute approximate surface area is 207 Å². The highest BCUT2D eigenvalue weighted by Gasteiger charge is 2.16. The smallest absolute Gasteiger partial charge is 0.161 e. The van der Waals surface area contributed by atoms with E-state index >= 15 is 0 Å². The molecule has 0 bridgehead atoms. The molecule has 3 aromatic rings. The number of hydrogen-bond donors (Lipinski definition) is 2. The molecule has 0 fully saturated rings. The van der Waals surface area contributed by atoms with E-state index in [1.54, 1.807) is 12.3 Å². The maximum absolute atomic E-state index is 10.5. The van der Waals surface area contributed by atoms with Gasteiger partial charge < -0.3 is 19.9 Å². The summed E-state index contributed by atoms with van der Waals surface area (Å²) in [5.41, 5.74) is 2.87. The Hall–Kier alpha value is -2.02. The van der Waals surface area contributed by atoms with Gasteiger partial charge in [-0.2, -0.15) is 0 Å². The van der Waals surface area contributed by atoms with Gasteiger partial charge >= 0.3 is 0 Å². The molecule has 2 unspecified atom stereocenters. The van der Waals surface area contributed by atoms with Crippen molar-refractivity contribution in [2.45, 2.75) is 39.1 Å². The topological polar surface area (TPSA) is 63.6 Å². The third-order valence-electron chi connectivity index (χ3n) is 4.73. The molecular weight excluding hydrogens is 471 g/mol. The third kappa shape index (κ3) is 8.15. The Morgan fingerprint density at radius 3 is 2.34 bits per heavy atom. The molecule has 0 saturated carbocycles. The van der Waals surface area contributed by atoms with E-state index in [4.69, 9.17) is 21.1 Å². The number of aromatic nitrogens is 1. The molecule has 2 atom stereocenters. The van der Waals surface area contributed by atoms with E-state index in [1.165, 1.54) is 0 Å². The average molecular weight is 500 g/mol. The zero-order valence-corrected chi connectivity index (χ0v) is 20.4. The van der Waals surface area contributed by atoms with Gasteiger partial charge in [-0.25, -0.2) is 4.98 Å². The van der Waals surface area contributed by atoms with E-state index in [1.807, 2.05) is 68.4 Å². The van der Waals surface area contributed by atoms with E-state index in [-0.39, 0.29) is 30.9 Å². The Morgan fingerprint density at radius 2 is 1.69 bits per heavy atom. The second kappa shape index (κ2) is 14.2. The molecule has 0 saturated heterocycles. The third-order valence-corrected chi connectivity index (χ3v) is 4.96. The van der Waals surface area contributed by atoms with E-state index in [0.717, 1.165) is 16.7 Å². The molecule has 0 radical (unpaired) electrons. The normalized spacial score (nSPS) is 12.1. The van der Waals surface area contributed by atoms with Crippen LogP contribution in [-0.4, -0.2) is 22.7 Å². The largest absolute Gasteiger partial charge is 0.490 e. The summed E-state index contributed by atoms with van der Waals surface area (Å²) in [5, 5.41) is 14.4. The number of benzene rings is 2. The molecule has 174 valence electrons. The van der Waals surface area contributed by atoms with Gasteiger partial charge in [-0.3, -0.25) is 0 Å². The van der Waals surface area contributed by atoms with Crippen molar-refractivity contribution in [3.63, 3.8) is 0 Å². The monoisotopic (exact) mass is 498 g/mol. The molecule has 1 aromatic heterocycles. The maximum Gasteiger partial charge on any atom is 0.161 e. The van der Waals surface area contributed by atoms with Crippen molar-refractivity contribution >= 4 is 36.4 Å². The van der Waals surface area contributed by atoms with Crippen LogP contribution in [0, 0.1) is 0 Å². The Morgan fingerprint density at radius 1 is 0.969 bits per heavy atom. The first kappa shape index (κ1) is 28.0. The Bertz CT molecular complexity index is 928. The van der Waals surface area contributed by atoms with Gasteiger partial charge in [-0.05, 0) is 43.2 Å². The number of ether oxygens (including phenoxy) is 2. The van der Waals surface area contributed by atoms with E-state index in [0.29, 0.717) is 36.4 Å². The number of nitrogens with one attached hydrogen (secondary N) is 1. The maximum atomic E-state index is 10.5. The fourth-order valence-corrected chi connectivity index (χ4v) is 3.14. The number of nitrogens with zero attached hydrogens (tertiary/aromatic N) is 1. The summed E-state index contributed by atoms with van der Waals surface area (Å²) in [5.74, 6) is 1.36. The molecule has 3 rings (SSSR count). The summed E-state index contributed by atoms with van der Waals surface area (Å²) in [6.45, 7) is 5.43. The van der Waals surface area contributed by atoms with Crippen molar-refractivity contribution in [2.24, 2.45) is 0 Å².